The van der Waals surface area contributed by atoms with Gasteiger partial charge < -0.3 is 19.0 Å². The molecule has 2 fully saturated rings. The zero-order valence-corrected chi connectivity index (χ0v) is 37.2. The van der Waals surface area contributed by atoms with Crippen LogP contribution in [-0.4, -0.2) is 50.2 Å². The van der Waals surface area contributed by atoms with Crippen molar-refractivity contribution in [3.05, 3.63) is 190 Å². The average molecular weight is 886 g/mol. The Morgan fingerprint density at radius 2 is 0.985 bits per heavy atom. The van der Waals surface area contributed by atoms with Crippen molar-refractivity contribution in [2.75, 3.05) is 0 Å². The van der Waals surface area contributed by atoms with E-state index in [1.165, 1.54) is 0 Å². The van der Waals surface area contributed by atoms with Crippen LogP contribution in [0.1, 0.15) is 105 Å². The van der Waals surface area contributed by atoms with Crippen LogP contribution in [0.4, 0.5) is 4.39 Å². The number of fused-ring (bicyclic) bond motifs is 2. The Morgan fingerprint density at radius 3 is 1.34 bits per heavy atom. The van der Waals surface area contributed by atoms with Gasteiger partial charge in [0.25, 0.3) is 0 Å². The van der Waals surface area contributed by atoms with Crippen LogP contribution in [0.5, 0.6) is 0 Å². The number of aryl methyl sites for hydroxylation is 4. The number of nitrogens with zero attached hydrogens (tertiary/aromatic N) is 9. The Bertz CT molecular complexity index is 3340. The van der Waals surface area contributed by atoms with Crippen molar-refractivity contribution in [2.24, 2.45) is 0 Å². The fourth-order valence-electron chi connectivity index (χ4n) is 9.45. The van der Waals surface area contributed by atoms with E-state index >= 15 is 4.39 Å². The van der Waals surface area contributed by atoms with Crippen LogP contribution in [0.25, 0.3) is 44.3 Å². The van der Waals surface area contributed by atoms with E-state index in [1.807, 2.05) is 64.1 Å². The molecule has 0 atom stereocenters. The van der Waals surface area contributed by atoms with E-state index in [4.69, 9.17) is 19.0 Å². The highest BCUT2D eigenvalue weighted by molar-refractivity contribution is 5.90. The van der Waals surface area contributed by atoms with Crippen LogP contribution in [0.3, 0.4) is 0 Å². The molecule has 14 heteroatoms. The van der Waals surface area contributed by atoms with Gasteiger partial charge in [0.05, 0.1) is 39.5 Å². The molecule has 12 rings (SSSR count). The van der Waals surface area contributed by atoms with Gasteiger partial charge in [-0.1, -0.05) is 34.6 Å². The fourth-order valence-corrected chi connectivity index (χ4v) is 9.45. The highest BCUT2D eigenvalue weighted by Crippen LogP contribution is 2.48. The predicted octanol–water partition coefficient (Wildman–Crippen LogP) is 11.1. The number of rotatable bonds is 10. The van der Waals surface area contributed by atoms with Crippen LogP contribution in [0, 0.1) is 39.0 Å². The second-order valence-corrected chi connectivity index (χ2v) is 17.5. The van der Waals surface area contributed by atoms with Crippen LogP contribution >= 0.6 is 0 Å². The van der Waals surface area contributed by atoms with Crippen LogP contribution < -0.4 is 0 Å². The first-order valence-electron chi connectivity index (χ1n) is 22.3. The van der Waals surface area contributed by atoms with Gasteiger partial charge in [0.2, 0.25) is 0 Å². The molecule has 8 aromatic heterocycles. The van der Waals surface area contributed by atoms with Gasteiger partial charge in [0.15, 0.2) is 5.67 Å². The lowest BCUT2D eigenvalue weighted by molar-refractivity contribution is 0.281. The minimum Gasteiger partial charge on any atom is -0.361 e. The van der Waals surface area contributed by atoms with Crippen molar-refractivity contribution < 1.29 is 13.4 Å². The fraction of sp³-hybridized carbons (Fsp3) is 0.226. The molecule has 2 N–H and O–H groups in total. The lowest BCUT2D eigenvalue weighted by Gasteiger charge is -2.28. The maximum Gasteiger partial charge on any atom is 0.191 e. The number of H-pyrrole nitrogens is 2. The number of halogens is 1. The van der Waals surface area contributed by atoms with Gasteiger partial charge in [-0.2, -0.15) is 5.26 Å². The van der Waals surface area contributed by atoms with Gasteiger partial charge in [0.1, 0.15) is 28.6 Å². The first kappa shape index (κ1) is 41.5. The molecular weight excluding hydrogens is 842 g/mol. The summed E-state index contributed by atoms with van der Waals surface area (Å²) in [5.74, 6) is 4.13. The highest BCUT2D eigenvalue weighted by atomic mass is 19.1. The third-order valence-corrected chi connectivity index (χ3v) is 13.0. The molecular formula is C53H44FN11O2. The maximum absolute atomic E-state index is 17.6. The topological polar surface area (TPSA) is 185 Å². The summed E-state index contributed by atoms with van der Waals surface area (Å²) in [5.41, 5.74) is 8.61. The number of hydrogen-bond donors (Lipinski definition) is 2. The van der Waals surface area contributed by atoms with E-state index in [9.17, 15) is 5.26 Å². The Hall–Kier alpha value is -8.18. The van der Waals surface area contributed by atoms with Crippen molar-refractivity contribution in [3.63, 3.8) is 0 Å². The van der Waals surface area contributed by atoms with Gasteiger partial charge in [0, 0.05) is 94.8 Å². The predicted molar refractivity (Wildman–Crippen MR) is 250 cm³/mol. The van der Waals surface area contributed by atoms with Crippen molar-refractivity contribution in [2.45, 2.75) is 76.3 Å². The van der Waals surface area contributed by atoms with Crippen LogP contribution in [0.15, 0.2) is 131 Å². The van der Waals surface area contributed by atoms with Gasteiger partial charge in [-0.25, -0.2) is 14.4 Å². The van der Waals surface area contributed by atoms with Crippen LogP contribution in [0.2, 0.25) is 0 Å². The maximum atomic E-state index is 17.6. The minimum atomic E-state index is -2.01. The molecule has 2 aliphatic carbocycles. The highest BCUT2D eigenvalue weighted by Gasteiger charge is 2.42. The molecule has 67 heavy (non-hydrogen) atoms. The molecule has 2 aliphatic rings. The molecule has 2 saturated carbocycles. The van der Waals surface area contributed by atoms with Gasteiger partial charge in [-0.15, -0.1) is 0 Å². The number of pyridine rings is 4. The molecule has 0 spiro atoms. The smallest absolute Gasteiger partial charge is 0.191 e. The van der Waals surface area contributed by atoms with Gasteiger partial charge in [-0.3, -0.25) is 19.9 Å². The number of aromatic amines is 2. The Labute approximate surface area is 384 Å². The summed E-state index contributed by atoms with van der Waals surface area (Å²) < 4.78 is 28.5. The molecule has 0 amide bonds. The third kappa shape index (κ3) is 7.14. The molecule has 8 heterocycles. The monoisotopic (exact) mass is 885 g/mol. The lowest BCUT2D eigenvalue weighted by Crippen LogP contribution is -2.28. The molecule has 0 bridgehead atoms. The van der Waals surface area contributed by atoms with E-state index in [0.29, 0.717) is 39.8 Å². The van der Waals surface area contributed by atoms with Crippen molar-refractivity contribution in [1.29, 1.82) is 5.26 Å². The van der Waals surface area contributed by atoms with E-state index in [2.05, 4.69) is 58.4 Å². The molecule has 10 aromatic rings. The first-order chi connectivity index (χ1) is 32.7. The summed E-state index contributed by atoms with van der Waals surface area (Å²) in [6.07, 6.45) is 17.8. The van der Waals surface area contributed by atoms with Gasteiger partial charge in [-0.05, 0) is 124 Å². The number of nitriles is 1. The number of aromatic nitrogens is 10. The number of nitrogens with one attached hydrogen (secondary N) is 2. The summed E-state index contributed by atoms with van der Waals surface area (Å²) >= 11 is 0. The van der Waals surface area contributed by atoms with Crippen molar-refractivity contribution >= 4 is 22.1 Å². The standard InChI is InChI=1S/C27H22N6O.C26H22FN5O/c1-16-24(17(2)34-33-16)19-11-22(25-23(12-19)31-26(32-25)18-7-8-18)27(15-28,20-5-3-9-29-13-20)21-6-4-10-30-14-21;1-15-23(16(2)33-32-15)18-11-21(24-22(12-18)30-25(31-24)17-7-8-17)26(27,19-5-3-9-28-13-19)20-6-4-10-29-14-20/h3-6,9-14,18H,7-8H2,1-2H3,(H,31,32);3-6,9-14,17H,7-8H2,1-2H3,(H,30,31). The summed E-state index contributed by atoms with van der Waals surface area (Å²) in [6, 6.07) is 25.2. The normalized spacial score (nSPS) is 14.0. The molecule has 13 nitrogen and oxygen atoms in total. The van der Waals surface area contributed by atoms with E-state index in [0.717, 1.165) is 110 Å². The summed E-state index contributed by atoms with van der Waals surface area (Å²) in [6.45, 7) is 7.59. The second-order valence-electron chi connectivity index (χ2n) is 17.5. The molecule has 0 saturated heterocycles. The lowest BCUT2D eigenvalue weighted by atomic mass is 9.70. The molecule has 0 unspecified atom stereocenters. The van der Waals surface area contributed by atoms with E-state index < -0.39 is 11.1 Å². The van der Waals surface area contributed by atoms with Crippen LogP contribution in [-0.2, 0) is 11.1 Å². The number of alkyl halides is 1. The molecule has 2 aromatic carbocycles. The van der Waals surface area contributed by atoms with Crippen molar-refractivity contribution in [1.82, 2.24) is 50.2 Å². The minimum absolute atomic E-state index is 0.401. The largest absolute Gasteiger partial charge is 0.361 e. The average Bonchev–Trinajstić information content (AvgIpc) is 4.26. The Balaban J connectivity index is 0.000000148. The summed E-state index contributed by atoms with van der Waals surface area (Å²) in [4.78, 5) is 34.0. The quantitative estimate of drug-likeness (QED) is 0.133. The summed E-state index contributed by atoms with van der Waals surface area (Å²) in [5, 5.41) is 19.1. The SMILES string of the molecule is Cc1noc(C)c1-c1cc(C(C#N)(c2cccnc2)c2cccnc2)c2nc(C3CC3)[nH]c2c1.Cc1noc(C)c1-c1cc(C(F)(c2cccnc2)c2cccnc2)c2nc(C3CC3)[nH]c2c1. The third-order valence-electron chi connectivity index (χ3n) is 13.0. The number of hydrogen-bond acceptors (Lipinski definition) is 11. The first-order valence-corrected chi connectivity index (χ1v) is 22.3. The Morgan fingerprint density at radius 1 is 0.582 bits per heavy atom. The molecule has 0 radical (unpaired) electrons. The summed E-state index contributed by atoms with van der Waals surface area (Å²) in [7, 11) is 0. The van der Waals surface area contributed by atoms with Crippen molar-refractivity contribution in [3.8, 4) is 28.3 Å². The van der Waals surface area contributed by atoms with Gasteiger partial charge >= 0.3 is 0 Å². The zero-order valence-electron chi connectivity index (χ0n) is 37.2. The Kier molecular flexibility index (Phi) is 10.1. The molecule has 330 valence electrons. The molecule has 0 aliphatic heterocycles. The second kappa shape index (κ2) is 16.4. The van der Waals surface area contributed by atoms with E-state index in [1.54, 1.807) is 73.8 Å². The number of imidazole rings is 2. The number of benzene rings is 2. The van der Waals surface area contributed by atoms with E-state index in [-0.39, 0.29) is 0 Å². The zero-order chi connectivity index (χ0) is 45.9.